The molecule has 3 fully saturated rings. The molecule has 0 aromatic rings. The lowest BCUT2D eigenvalue weighted by Gasteiger charge is -2.39. The highest BCUT2D eigenvalue weighted by Gasteiger charge is 2.37. The maximum absolute atomic E-state index is 12.4. The van der Waals surface area contributed by atoms with Crippen LogP contribution >= 0.6 is 0 Å². The molecule has 2 amide bonds. The molecule has 19 heavy (non-hydrogen) atoms. The Morgan fingerprint density at radius 1 is 0.947 bits per heavy atom. The topological polar surface area (TPSA) is 64.1 Å². The van der Waals surface area contributed by atoms with E-state index in [4.69, 9.17) is 5.11 Å². The molecule has 3 rings (SSSR count). The van der Waals surface area contributed by atoms with E-state index in [-0.39, 0.29) is 11.9 Å². The molecule has 6 heteroatoms. The lowest BCUT2D eigenvalue weighted by atomic mass is 10.1. The van der Waals surface area contributed by atoms with E-state index in [0.717, 1.165) is 26.2 Å². The molecule has 0 aromatic carbocycles. The van der Waals surface area contributed by atoms with Gasteiger partial charge in [0.1, 0.15) is 0 Å². The molecule has 106 valence electrons. The summed E-state index contributed by atoms with van der Waals surface area (Å²) in [7, 11) is 0. The summed E-state index contributed by atoms with van der Waals surface area (Å²) in [5, 5.41) is 8.99. The van der Waals surface area contributed by atoms with Crippen molar-refractivity contribution in [2.24, 2.45) is 5.92 Å². The van der Waals surface area contributed by atoms with Crippen LogP contribution in [0.15, 0.2) is 0 Å². The zero-order valence-electron chi connectivity index (χ0n) is 11.1. The third-order valence-electron chi connectivity index (χ3n) is 4.67. The number of carbonyl (C=O) groups is 2. The summed E-state index contributed by atoms with van der Waals surface area (Å²) in [5.74, 6) is -1.16. The van der Waals surface area contributed by atoms with Gasteiger partial charge in [0.2, 0.25) is 0 Å². The molecule has 0 spiro atoms. The quantitative estimate of drug-likeness (QED) is 0.742. The van der Waals surface area contributed by atoms with Crippen molar-refractivity contribution in [3.05, 3.63) is 0 Å². The number of hydrogen-bond acceptors (Lipinski definition) is 3. The number of carboxylic acid groups (broad SMARTS) is 1. The highest BCUT2D eigenvalue weighted by atomic mass is 16.4. The van der Waals surface area contributed by atoms with E-state index in [0.29, 0.717) is 25.6 Å². The van der Waals surface area contributed by atoms with E-state index in [2.05, 4.69) is 4.90 Å². The highest BCUT2D eigenvalue weighted by molar-refractivity contribution is 5.77. The third-order valence-corrected chi connectivity index (χ3v) is 4.67. The van der Waals surface area contributed by atoms with E-state index in [9.17, 15) is 9.59 Å². The second kappa shape index (κ2) is 5.00. The van der Waals surface area contributed by atoms with Crippen molar-refractivity contribution in [1.29, 1.82) is 0 Å². The molecule has 0 saturated carbocycles. The molecule has 3 aliphatic heterocycles. The second-order valence-corrected chi connectivity index (χ2v) is 5.83. The van der Waals surface area contributed by atoms with Gasteiger partial charge in [0.15, 0.2) is 0 Å². The van der Waals surface area contributed by atoms with Gasteiger partial charge in [-0.3, -0.25) is 9.69 Å². The van der Waals surface area contributed by atoms with Gasteiger partial charge in [0.25, 0.3) is 0 Å². The van der Waals surface area contributed by atoms with Crippen LogP contribution in [0.5, 0.6) is 0 Å². The number of urea groups is 1. The number of carbonyl (C=O) groups excluding carboxylic acids is 1. The smallest absolute Gasteiger partial charge is 0.320 e. The van der Waals surface area contributed by atoms with E-state index in [1.54, 1.807) is 4.90 Å². The van der Waals surface area contributed by atoms with Gasteiger partial charge in [-0.1, -0.05) is 0 Å². The van der Waals surface area contributed by atoms with Gasteiger partial charge < -0.3 is 14.9 Å². The fourth-order valence-corrected chi connectivity index (χ4v) is 3.50. The molecule has 1 N–H and O–H groups in total. The zero-order chi connectivity index (χ0) is 13.4. The molecule has 0 aromatic heterocycles. The standard InChI is InChI=1S/C13H21N3O3/c17-12(18)10-3-5-15(8-10)13(19)16-7-6-14-4-1-2-11(14)9-16/h10-11H,1-9H2,(H,17,18). The molecular weight excluding hydrogens is 246 g/mol. The minimum Gasteiger partial charge on any atom is -0.481 e. The van der Waals surface area contributed by atoms with E-state index < -0.39 is 5.97 Å². The number of carboxylic acids is 1. The fourth-order valence-electron chi connectivity index (χ4n) is 3.50. The molecule has 3 saturated heterocycles. The Balaban J connectivity index is 1.57. The average Bonchev–Trinajstić information content (AvgIpc) is 3.06. The van der Waals surface area contributed by atoms with E-state index in [1.807, 2.05) is 4.90 Å². The molecular formula is C13H21N3O3. The minimum absolute atomic E-state index is 0.0373. The van der Waals surface area contributed by atoms with Gasteiger partial charge in [-0.05, 0) is 25.8 Å². The summed E-state index contributed by atoms with van der Waals surface area (Å²) in [4.78, 5) is 29.4. The molecule has 3 heterocycles. The summed E-state index contributed by atoms with van der Waals surface area (Å²) < 4.78 is 0. The first-order valence-electron chi connectivity index (χ1n) is 7.16. The van der Waals surface area contributed by atoms with Crippen LogP contribution in [0.1, 0.15) is 19.3 Å². The second-order valence-electron chi connectivity index (χ2n) is 5.83. The molecule has 0 aliphatic carbocycles. The number of piperazine rings is 1. The monoisotopic (exact) mass is 267 g/mol. The number of amides is 2. The zero-order valence-corrected chi connectivity index (χ0v) is 11.1. The largest absolute Gasteiger partial charge is 0.481 e. The molecule has 0 bridgehead atoms. The predicted molar refractivity (Wildman–Crippen MR) is 68.9 cm³/mol. The van der Waals surface area contributed by atoms with E-state index >= 15 is 0 Å². The maximum Gasteiger partial charge on any atom is 0.320 e. The van der Waals surface area contributed by atoms with Crippen molar-refractivity contribution in [1.82, 2.24) is 14.7 Å². The van der Waals surface area contributed by atoms with Crippen LogP contribution in [0.2, 0.25) is 0 Å². The Morgan fingerprint density at radius 2 is 1.74 bits per heavy atom. The molecule has 0 radical (unpaired) electrons. The van der Waals surface area contributed by atoms with Crippen LogP contribution in [0.3, 0.4) is 0 Å². The fraction of sp³-hybridized carbons (Fsp3) is 0.846. The summed E-state index contributed by atoms with van der Waals surface area (Å²) in [6.07, 6.45) is 3.00. The van der Waals surface area contributed by atoms with Crippen molar-refractivity contribution in [2.45, 2.75) is 25.3 Å². The van der Waals surface area contributed by atoms with Crippen LogP contribution in [-0.4, -0.2) is 77.1 Å². The first-order valence-corrected chi connectivity index (χ1v) is 7.16. The van der Waals surface area contributed by atoms with E-state index in [1.165, 1.54) is 12.8 Å². The SMILES string of the molecule is O=C(O)C1CCN(C(=O)N2CCN3CCCC3C2)C1. The normalized spacial score (nSPS) is 31.6. The van der Waals surface area contributed by atoms with Crippen LogP contribution in [0.25, 0.3) is 0 Å². The first-order chi connectivity index (χ1) is 9.15. The Bertz CT molecular complexity index is 387. The summed E-state index contributed by atoms with van der Waals surface area (Å²) in [5.41, 5.74) is 0. The van der Waals surface area contributed by atoms with Crippen LogP contribution in [-0.2, 0) is 4.79 Å². The van der Waals surface area contributed by atoms with Crippen LogP contribution < -0.4 is 0 Å². The van der Waals surface area contributed by atoms with Crippen LogP contribution in [0.4, 0.5) is 4.79 Å². The number of nitrogens with zero attached hydrogens (tertiary/aromatic N) is 3. The molecule has 2 atom stereocenters. The lowest BCUT2D eigenvalue weighted by molar-refractivity contribution is -0.141. The van der Waals surface area contributed by atoms with Crippen molar-refractivity contribution < 1.29 is 14.7 Å². The lowest BCUT2D eigenvalue weighted by Crippen LogP contribution is -2.55. The molecule has 3 aliphatic rings. The number of likely N-dealkylation sites (tertiary alicyclic amines) is 1. The molecule has 2 unspecified atom stereocenters. The Morgan fingerprint density at radius 3 is 2.47 bits per heavy atom. The Labute approximate surface area is 112 Å². The van der Waals surface area contributed by atoms with Crippen molar-refractivity contribution in [2.75, 3.05) is 39.3 Å². The Hall–Kier alpha value is -1.30. The number of hydrogen-bond donors (Lipinski definition) is 1. The summed E-state index contributed by atoms with van der Waals surface area (Å²) >= 11 is 0. The maximum atomic E-state index is 12.4. The van der Waals surface area contributed by atoms with Crippen LogP contribution in [0, 0.1) is 5.92 Å². The van der Waals surface area contributed by atoms with Gasteiger partial charge in [-0.2, -0.15) is 0 Å². The number of fused-ring (bicyclic) bond motifs is 1. The van der Waals surface area contributed by atoms with Gasteiger partial charge in [-0.25, -0.2) is 4.79 Å². The average molecular weight is 267 g/mol. The summed E-state index contributed by atoms with van der Waals surface area (Å²) in [6.45, 7) is 4.68. The van der Waals surface area contributed by atoms with Gasteiger partial charge in [0, 0.05) is 38.8 Å². The minimum atomic E-state index is -0.782. The van der Waals surface area contributed by atoms with Gasteiger partial charge in [-0.15, -0.1) is 0 Å². The third kappa shape index (κ3) is 2.41. The van der Waals surface area contributed by atoms with Gasteiger partial charge >= 0.3 is 12.0 Å². The van der Waals surface area contributed by atoms with Crippen molar-refractivity contribution >= 4 is 12.0 Å². The van der Waals surface area contributed by atoms with Crippen molar-refractivity contribution in [3.63, 3.8) is 0 Å². The van der Waals surface area contributed by atoms with Gasteiger partial charge in [0.05, 0.1) is 5.92 Å². The first kappa shape index (κ1) is 12.7. The predicted octanol–water partition coefficient (Wildman–Crippen LogP) is 0.293. The summed E-state index contributed by atoms with van der Waals surface area (Å²) in [6, 6.07) is 0.561. The highest BCUT2D eigenvalue weighted by Crippen LogP contribution is 2.24. The number of rotatable bonds is 1. The molecule has 6 nitrogen and oxygen atoms in total. The van der Waals surface area contributed by atoms with Crippen molar-refractivity contribution in [3.8, 4) is 0 Å². The number of aliphatic carboxylic acids is 1. The Kier molecular flexibility index (Phi) is 3.35.